The smallest absolute Gasteiger partial charge is 0.201 e. The van der Waals surface area contributed by atoms with Gasteiger partial charge in [0, 0.05) is 22.3 Å². The first-order valence-corrected chi connectivity index (χ1v) is 13.5. The van der Waals surface area contributed by atoms with Gasteiger partial charge in [-0.05, 0) is 67.1 Å². The molecule has 0 aliphatic carbocycles. The van der Waals surface area contributed by atoms with Crippen molar-refractivity contribution in [3.8, 4) is 39.5 Å². The van der Waals surface area contributed by atoms with Crippen LogP contribution in [0.5, 0.6) is 17.2 Å². The van der Waals surface area contributed by atoms with Gasteiger partial charge in [0.05, 0.1) is 20.3 Å². The first kappa shape index (κ1) is 32.6. The van der Waals surface area contributed by atoms with Crippen molar-refractivity contribution in [1.82, 2.24) is 0 Å². The van der Waals surface area contributed by atoms with Gasteiger partial charge in [-0.1, -0.05) is 26.0 Å². The van der Waals surface area contributed by atoms with E-state index in [1.54, 1.807) is 0 Å². The molecule has 0 spiro atoms. The molecular formula is C33H28F8O3. The van der Waals surface area contributed by atoms with Crippen LogP contribution in [0.4, 0.5) is 35.1 Å². The average molecular weight is 625 g/mol. The fourth-order valence-electron chi connectivity index (χ4n) is 4.45. The number of benzene rings is 4. The molecule has 11 heteroatoms. The van der Waals surface area contributed by atoms with Gasteiger partial charge in [-0.3, -0.25) is 0 Å². The summed E-state index contributed by atoms with van der Waals surface area (Å²) in [6, 6.07) is 8.96. The minimum Gasteiger partial charge on any atom is -0.494 e. The SMILES string of the molecule is COc1ccc(-c2ccc(OCCC(C)(C)CCOc3ccc(-c4ccc(C)c(F)c4F)c(F)c3F)c(F)c2F)c(F)c1F. The summed E-state index contributed by atoms with van der Waals surface area (Å²) in [4.78, 5) is 0. The topological polar surface area (TPSA) is 27.7 Å². The minimum atomic E-state index is -1.42. The zero-order chi connectivity index (χ0) is 32.3. The van der Waals surface area contributed by atoms with Crippen molar-refractivity contribution in [3.63, 3.8) is 0 Å². The second kappa shape index (κ2) is 13.2. The van der Waals surface area contributed by atoms with Gasteiger partial charge >= 0.3 is 0 Å². The molecule has 0 amide bonds. The molecule has 44 heavy (non-hydrogen) atoms. The van der Waals surface area contributed by atoms with E-state index in [9.17, 15) is 35.1 Å². The third kappa shape index (κ3) is 6.61. The minimum absolute atomic E-state index is 0.0227. The Hall–Kier alpha value is -4.28. The lowest BCUT2D eigenvalue weighted by Crippen LogP contribution is -2.19. The van der Waals surface area contributed by atoms with E-state index in [4.69, 9.17) is 9.47 Å². The van der Waals surface area contributed by atoms with Crippen LogP contribution < -0.4 is 14.2 Å². The van der Waals surface area contributed by atoms with Gasteiger partial charge in [0.2, 0.25) is 17.5 Å². The number of hydrogen-bond donors (Lipinski definition) is 0. The van der Waals surface area contributed by atoms with Crippen LogP contribution in [0.2, 0.25) is 0 Å². The normalized spacial score (nSPS) is 11.5. The Bertz CT molecular complexity index is 1690. The molecule has 0 bridgehead atoms. The molecule has 234 valence electrons. The van der Waals surface area contributed by atoms with Crippen molar-refractivity contribution in [2.45, 2.75) is 33.6 Å². The first-order chi connectivity index (χ1) is 20.8. The van der Waals surface area contributed by atoms with Gasteiger partial charge in [-0.25, -0.2) is 22.0 Å². The van der Waals surface area contributed by atoms with E-state index >= 15 is 0 Å². The molecule has 0 unspecified atom stereocenters. The van der Waals surface area contributed by atoms with E-state index in [1.807, 2.05) is 13.8 Å². The largest absolute Gasteiger partial charge is 0.494 e. The molecule has 4 rings (SSSR count). The first-order valence-electron chi connectivity index (χ1n) is 13.5. The zero-order valence-electron chi connectivity index (χ0n) is 24.2. The van der Waals surface area contributed by atoms with E-state index in [-0.39, 0.29) is 24.5 Å². The summed E-state index contributed by atoms with van der Waals surface area (Å²) >= 11 is 0. The lowest BCUT2D eigenvalue weighted by Gasteiger charge is -2.25. The van der Waals surface area contributed by atoms with E-state index in [1.165, 1.54) is 13.0 Å². The highest BCUT2D eigenvalue weighted by molar-refractivity contribution is 5.68. The highest BCUT2D eigenvalue weighted by Crippen LogP contribution is 2.36. The Morgan fingerprint density at radius 1 is 0.477 bits per heavy atom. The summed E-state index contributed by atoms with van der Waals surface area (Å²) in [7, 11) is 1.14. The fourth-order valence-corrected chi connectivity index (χ4v) is 4.45. The lowest BCUT2D eigenvalue weighted by atomic mass is 9.86. The standard InChI is InChI=1S/C33H28F8O3/c1-17-5-6-18(26(35)25(17)34)20-8-11-23(31(40)28(20)37)43-15-13-33(2,3)14-16-44-24-12-9-21(29(38)32(24)41)19-7-10-22(42-4)30(39)27(19)36/h5-12H,13-16H2,1-4H3. The van der Waals surface area contributed by atoms with Crippen LogP contribution in [0.15, 0.2) is 48.5 Å². The fraction of sp³-hybridized carbons (Fsp3) is 0.273. The van der Waals surface area contributed by atoms with Gasteiger partial charge in [-0.15, -0.1) is 0 Å². The van der Waals surface area contributed by atoms with Crippen LogP contribution in [0.3, 0.4) is 0 Å². The van der Waals surface area contributed by atoms with Gasteiger partial charge in [0.1, 0.15) is 0 Å². The quantitative estimate of drug-likeness (QED) is 0.156. The number of rotatable bonds is 11. The molecule has 0 saturated carbocycles. The summed E-state index contributed by atoms with van der Waals surface area (Å²) in [5, 5.41) is 0. The Kier molecular flexibility index (Phi) is 9.75. The molecule has 0 aromatic heterocycles. The second-order valence-corrected chi connectivity index (χ2v) is 10.8. The Labute approximate surface area is 249 Å². The number of methoxy groups -OCH3 is 1. The van der Waals surface area contributed by atoms with Crippen molar-refractivity contribution < 1.29 is 49.3 Å². The number of halogens is 8. The summed E-state index contributed by atoms with van der Waals surface area (Å²) in [5.74, 6) is -12.0. The van der Waals surface area contributed by atoms with Gasteiger partial charge in [0.15, 0.2) is 46.3 Å². The maximum absolute atomic E-state index is 14.8. The molecule has 0 radical (unpaired) electrons. The van der Waals surface area contributed by atoms with Crippen molar-refractivity contribution in [2.24, 2.45) is 5.41 Å². The summed E-state index contributed by atoms with van der Waals surface area (Å²) < 4.78 is 131. The predicted octanol–water partition coefficient (Wildman–Crippen LogP) is 9.71. The van der Waals surface area contributed by atoms with Crippen molar-refractivity contribution in [1.29, 1.82) is 0 Å². The summed E-state index contributed by atoms with van der Waals surface area (Å²) in [6.07, 6.45) is 0.626. The van der Waals surface area contributed by atoms with Crippen molar-refractivity contribution >= 4 is 0 Å². The summed E-state index contributed by atoms with van der Waals surface area (Å²) in [5.41, 5.74) is -2.37. The lowest BCUT2D eigenvalue weighted by molar-refractivity contribution is 0.175. The van der Waals surface area contributed by atoms with Crippen LogP contribution in [0.25, 0.3) is 22.3 Å². The van der Waals surface area contributed by atoms with Crippen LogP contribution in [-0.2, 0) is 0 Å². The van der Waals surface area contributed by atoms with E-state index in [0.29, 0.717) is 12.8 Å². The van der Waals surface area contributed by atoms with E-state index < -0.39 is 85.7 Å². The van der Waals surface area contributed by atoms with Crippen LogP contribution in [0.1, 0.15) is 32.3 Å². The number of ether oxygens (including phenoxy) is 3. The Balaban J connectivity index is 1.35. The molecule has 0 N–H and O–H groups in total. The molecule has 3 nitrogen and oxygen atoms in total. The molecule has 0 atom stereocenters. The number of aryl methyl sites for hydroxylation is 1. The molecule has 0 aliphatic rings. The summed E-state index contributed by atoms with van der Waals surface area (Å²) in [6.45, 7) is 4.85. The zero-order valence-corrected chi connectivity index (χ0v) is 24.2. The molecule has 4 aromatic carbocycles. The number of hydrogen-bond acceptors (Lipinski definition) is 3. The monoisotopic (exact) mass is 624 g/mol. The predicted molar refractivity (Wildman–Crippen MR) is 149 cm³/mol. The van der Waals surface area contributed by atoms with Crippen LogP contribution >= 0.6 is 0 Å². The van der Waals surface area contributed by atoms with Crippen molar-refractivity contribution in [2.75, 3.05) is 20.3 Å². The highest BCUT2D eigenvalue weighted by atomic mass is 19.2. The highest BCUT2D eigenvalue weighted by Gasteiger charge is 2.24. The van der Waals surface area contributed by atoms with Gasteiger partial charge in [0.25, 0.3) is 0 Å². The van der Waals surface area contributed by atoms with Crippen molar-refractivity contribution in [3.05, 3.63) is 101 Å². The molecule has 0 heterocycles. The van der Waals surface area contributed by atoms with Crippen LogP contribution in [0, 0.1) is 58.9 Å². The maximum atomic E-state index is 14.8. The van der Waals surface area contributed by atoms with E-state index in [2.05, 4.69) is 4.74 Å². The third-order valence-electron chi connectivity index (χ3n) is 7.29. The van der Waals surface area contributed by atoms with Gasteiger partial charge < -0.3 is 14.2 Å². The Morgan fingerprint density at radius 3 is 1.23 bits per heavy atom. The van der Waals surface area contributed by atoms with E-state index in [0.717, 1.165) is 49.6 Å². The van der Waals surface area contributed by atoms with Crippen LogP contribution in [-0.4, -0.2) is 20.3 Å². The molecule has 0 aliphatic heterocycles. The molecule has 4 aromatic rings. The molecule has 0 fully saturated rings. The average Bonchev–Trinajstić information content (AvgIpc) is 2.98. The Morgan fingerprint density at radius 2 is 0.818 bits per heavy atom. The molecule has 0 saturated heterocycles. The molecular weight excluding hydrogens is 596 g/mol. The maximum Gasteiger partial charge on any atom is 0.201 e. The van der Waals surface area contributed by atoms with Gasteiger partial charge in [-0.2, -0.15) is 13.2 Å². The third-order valence-corrected chi connectivity index (χ3v) is 7.29. The second-order valence-electron chi connectivity index (χ2n) is 10.8.